The predicted octanol–water partition coefficient (Wildman–Crippen LogP) is 1.03. The minimum Gasteiger partial charge on any atom is -0.478 e. The van der Waals surface area contributed by atoms with Gasteiger partial charge in [-0.25, -0.2) is 4.79 Å². The van der Waals surface area contributed by atoms with Crippen molar-refractivity contribution in [3.63, 3.8) is 0 Å². The number of rotatable bonds is 2. The fourth-order valence-electron chi connectivity index (χ4n) is 1.15. The van der Waals surface area contributed by atoms with E-state index in [1.54, 1.807) is 12.1 Å². The van der Waals surface area contributed by atoms with Gasteiger partial charge in [-0.05, 0) is 17.7 Å². The van der Waals surface area contributed by atoms with E-state index in [4.69, 9.17) is 5.11 Å². The molecular formula is C9H9NO2. The summed E-state index contributed by atoms with van der Waals surface area (Å²) in [6.45, 7) is 1.01. The van der Waals surface area contributed by atoms with Crippen molar-refractivity contribution < 1.29 is 9.90 Å². The lowest BCUT2D eigenvalue weighted by Gasteiger charge is -1.96. The summed E-state index contributed by atoms with van der Waals surface area (Å²) in [4.78, 5) is 10.5. The lowest BCUT2D eigenvalue weighted by atomic mass is 10.1. The number of carboxylic acids is 1. The summed E-state index contributed by atoms with van der Waals surface area (Å²) in [5, 5.41) is 11.8. The molecule has 0 amide bonds. The highest BCUT2D eigenvalue weighted by Gasteiger charge is 2.21. The molecule has 12 heavy (non-hydrogen) atoms. The molecule has 1 heterocycles. The van der Waals surface area contributed by atoms with Gasteiger partial charge in [0.25, 0.3) is 0 Å². The summed E-state index contributed by atoms with van der Waals surface area (Å²) >= 11 is 0. The molecule has 1 aliphatic heterocycles. The number of hydrogen-bond donors (Lipinski definition) is 2. The molecule has 0 saturated carbocycles. The SMILES string of the molecule is O=C(O)c1ccc([C@H]2CN2)cc1. The number of nitrogens with one attached hydrogen (secondary N) is 1. The zero-order valence-electron chi connectivity index (χ0n) is 6.45. The average molecular weight is 163 g/mol. The van der Waals surface area contributed by atoms with Crippen molar-refractivity contribution in [2.45, 2.75) is 6.04 Å². The number of aromatic carboxylic acids is 1. The van der Waals surface area contributed by atoms with Crippen LogP contribution in [-0.4, -0.2) is 17.6 Å². The molecule has 1 saturated heterocycles. The van der Waals surface area contributed by atoms with Crippen LogP contribution >= 0.6 is 0 Å². The molecule has 0 spiro atoms. The van der Waals surface area contributed by atoms with Gasteiger partial charge in [0.2, 0.25) is 0 Å². The quantitative estimate of drug-likeness (QED) is 0.640. The standard InChI is InChI=1S/C9H9NO2/c11-9(12)7-3-1-6(2-4-7)8-5-10-8/h1-4,8,10H,5H2,(H,11,12)/t8-/m1/s1. The van der Waals surface area contributed by atoms with Crippen molar-refractivity contribution >= 4 is 5.97 Å². The summed E-state index contributed by atoms with van der Waals surface area (Å²) in [6.07, 6.45) is 0. The second-order valence-corrected chi connectivity index (χ2v) is 2.89. The first-order chi connectivity index (χ1) is 5.77. The van der Waals surface area contributed by atoms with Crippen LogP contribution in [0.25, 0.3) is 0 Å². The maximum Gasteiger partial charge on any atom is 0.335 e. The van der Waals surface area contributed by atoms with E-state index in [0.717, 1.165) is 6.54 Å². The zero-order chi connectivity index (χ0) is 8.55. The molecule has 0 radical (unpaired) electrons. The fourth-order valence-corrected chi connectivity index (χ4v) is 1.15. The normalized spacial score (nSPS) is 20.5. The van der Waals surface area contributed by atoms with Crippen LogP contribution in [0.1, 0.15) is 22.0 Å². The molecule has 3 heteroatoms. The summed E-state index contributed by atoms with van der Waals surface area (Å²) in [7, 11) is 0. The van der Waals surface area contributed by atoms with Crippen LogP contribution in [0.5, 0.6) is 0 Å². The van der Waals surface area contributed by atoms with E-state index in [9.17, 15) is 4.79 Å². The number of hydrogen-bond acceptors (Lipinski definition) is 2. The van der Waals surface area contributed by atoms with E-state index >= 15 is 0 Å². The first kappa shape index (κ1) is 7.31. The maximum absolute atomic E-state index is 10.5. The molecule has 3 nitrogen and oxygen atoms in total. The Morgan fingerprint density at radius 1 is 1.42 bits per heavy atom. The van der Waals surface area contributed by atoms with E-state index in [1.165, 1.54) is 5.56 Å². The van der Waals surface area contributed by atoms with Crippen LogP contribution in [0, 0.1) is 0 Å². The first-order valence-electron chi connectivity index (χ1n) is 3.84. The highest BCUT2D eigenvalue weighted by atomic mass is 16.4. The van der Waals surface area contributed by atoms with Crippen molar-refractivity contribution in [2.24, 2.45) is 0 Å². The molecule has 1 fully saturated rings. The van der Waals surface area contributed by atoms with E-state index in [0.29, 0.717) is 11.6 Å². The lowest BCUT2D eigenvalue weighted by molar-refractivity contribution is 0.0697. The van der Waals surface area contributed by atoms with Gasteiger partial charge in [-0.15, -0.1) is 0 Å². The number of carbonyl (C=O) groups is 1. The van der Waals surface area contributed by atoms with Crippen LogP contribution in [0.4, 0.5) is 0 Å². The Bertz CT molecular complexity index is 301. The van der Waals surface area contributed by atoms with Crippen molar-refractivity contribution in [3.8, 4) is 0 Å². The van der Waals surface area contributed by atoms with Crippen molar-refractivity contribution in [3.05, 3.63) is 35.4 Å². The summed E-state index contributed by atoms with van der Waals surface area (Å²) in [6, 6.07) is 7.44. The molecular weight excluding hydrogens is 154 g/mol. The second kappa shape index (κ2) is 2.60. The minimum absolute atomic E-state index is 0.347. The van der Waals surface area contributed by atoms with Gasteiger partial charge in [0.1, 0.15) is 0 Å². The van der Waals surface area contributed by atoms with Crippen LogP contribution in [0.15, 0.2) is 24.3 Å². The molecule has 2 rings (SSSR count). The third kappa shape index (κ3) is 1.31. The Morgan fingerprint density at radius 2 is 2.00 bits per heavy atom. The Labute approximate surface area is 70.0 Å². The third-order valence-corrected chi connectivity index (χ3v) is 1.97. The van der Waals surface area contributed by atoms with E-state index in [2.05, 4.69) is 5.32 Å². The first-order valence-corrected chi connectivity index (χ1v) is 3.84. The molecule has 0 unspecified atom stereocenters. The Morgan fingerprint density at radius 3 is 2.42 bits per heavy atom. The molecule has 1 aromatic carbocycles. The monoisotopic (exact) mass is 163 g/mol. The fraction of sp³-hybridized carbons (Fsp3) is 0.222. The van der Waals surface area contributed by atoms with Crippen molar-refractivity contribution in [1.82, 2.24) is 5.32 Å². The highest BCUT2D eigenvalue weighted by Crippen LogP contribution is 2.21. The van der Waals surface area contributed by atoms with Crippen LogP contribution in [-0.2, 0) is 0 Å². The zero-order valence-corrected chi connectivity index (χ0v) is 6.45. The van der Waals surface area contributed by atoms with Crippen LogP contribution in [0.3, 0.4) is 0 Å². The van der Waals surface area contributed by atoms with E-state index < -0.39 is 5.97 Å². The third-order valence-electron chi connectivity index (χ3n) is 1.97. The van der Waals surface area contributed by atoms with Gasteiger partial charge in [-0.2, -0.15) is 0 Å². The van der Waals surface area contributed by atoms with Crippen LogP contribution in [0.2, 0.25) is 0 Å². The van der Waals surface area contributed by atoms with Gasteiger partial charge < -0.3 is 10.4 Å². The van der Waals surface area contributed by atoms with Gasteiger partial charge in [0.05, 0.1) is 5.56 Å². The van der Waals surface area contributed by atoms with Crippen molar-refractivity contribution in [2.75, 3.05) is 6.54 Å². The minimum atomic E-state index is -0.870. The number of carboxylic acid groups (broad SMARTS) is 1. The molecule has 62 valence electrons. The van der Waals surface area contributed by atoms with Gasteiger partial charge in [-0.3, -0.25) is 0 Å². The smallest absolute Gasteiger partial charge is 0.335 e. The summed E-state index contributed by atoms with van der Waals surface area (Å²) < 4.78 is 0. The molecule has 0 bridgehead atoms. The van der Waals surface area contributed by atoms with Gasteiger partial charge >= 0.3 is 5.97 Å². The number of benzene rings is 1. The van der Waals surface area contributed by atoms with Gasteiger partial charge in [0, 0.05) is 12.6 Å². The topological polar surface area (TPSA) is 59.2 Å². The summed E-state index contributed by atoms with van der Waals surface area (Å²) in [5.74, 6) is -0.870. The Kier molecular flexibility index (Phi) is 1.59. The Hall–Kier alpha value is -1.35. The van der Waals surface area contributed by atoms with Gasteiger partial charge in [0.15, 0.2) is 0 Å². The molecule has 2 N–H and O–H groups in total. The van der Waals surface area contributed by atoms with Gasteiger partial charge in [-0.1, -0.05) is 12.1 Å². The lowest BCUT2D eigenvalue weighted by Crippen LogP contribution is -1.95. The largest absolute Gasteiger partial charge is 0.478 e. The van der Waals surface area contributed by atoms with E-state index in [1.807, 2.05) is 12.1 Å². The average Bonchev–Trinajstić information content (AvgIpc) is 2.87. The molecule has 1 aliphatic rings. The van der Waals surface area contributed by atoms with E-state index in [-0.39, 0.29) is 0 Å². The van der Waals surface area contributed by atoms with Crippen LogP contribution < -0.4 is 5.32 Å². The Balaban J connectivity index is 2.24. The highest BCUT2D eigenvalue weighted by molar-refractivity contribution is 5.87. The molecule has 0 aromatic heterocycles. The predicted molar refractivity (Wildman–Crippen MR) is 44.1 cm³/mol. The molecule has 1 aromatic rings. The van der Waals surface area contributed by atoms with Crippen molar-refractivity contribution in [1.29, 1.82) is 0 Å². The summed E-state index contributed by atoms with van der Waals surface area (Å²) in [5.41, 5.74) is 1.51. The maximum atomic E-state index is 10.5. The second-order valence-electron chi connectivity index (χ2n) is 2.89. The molecule has 0 aliphatic carbocycles. The molecule has 1 atom stereocenters.